The Kier molecular flexibility index (Phi) is 4.88. The van der Waals surface area contributed by atoms with Crippen LogP contribution >= 0.6 is 11.3 Å². The molecule has 0 bridgehead atoms. The van der Waals surface area contributed by atoms with Crippen LogP contribution in [0.3, 0.4) is 0 Å². The predicted molar refractivity (Wildman–Crippen MR) is 91.8 cm³/mol. The minimum atomic E-state index is -0.418. The van der Waals surface area contributed by atoms with Crippen LogP contribution in [0.25, 0.3) is 6.08 Å². The van der Waals surface area contributed by atoms with Gasteiger partial charge in [0.25, 0.3) is 0 Å². The first kappa shape index (κ1) is 15.5. The monoisotopic (exact) mass is 326 g/mol. The summed E-state index contributed by atoms with van der Waals surface area (Å²) in [5.41, 5.74) is 2.10. The molecular weight excluding hydrogens is 308 g/mol. The molecular formula is C18H18N2O2S. The van der Waals surface area contributed by atoms with Gasteiger partial charge in [-0.2, -0.15) is 11.3 Å². The van der Waals surface area contributed by atoms with E-state index in [1.165, 1.54) is 6.08 Å². The second-order valence-corrected chi connectivity index (χ2v) is 6.27. The molecule has 0 spiro atoms. The summed E-state index contributed by atoms with van der Waals surface area (Å²) in [4.78, 5) is 26.1. The first-order valence-electron chi connectivity index (χ1n) is 7.56. The van der Waals surface area contributed by atoms with E-state index in [1.54, 1.807) is 22.3 Å². The summed E-state index contributed by atoms with van der Waals surface area (Å²) in [5, 5.41) is 6.72. The smallest absolute Gasteiger partial charge is 0.245 e. The van der Waals surface area contributed by atoms with E-state index in [2.05, 4.69) is 5.32 Å². The Hall–Kier alpha value is -2.40. The van der Waals surface area contributed by atoms with Gasteiger partial charge in [0, 0.05) is 19.2 Å². The zero-order valence-corrected chi connectivity index (χ0v) is 13.5. The van der Waals surface area contributed by atoms with Crippen LogP contribution in [-0.2, 0) is 16.1 Å². The van der Waals surface area contributed by atoms with E-state index in [0.717, 1.165) is 11.1 Å². The Morgan fingerprint density at radius 2 is 2.13 bits per heavy atom. The van der Waals surface area contributed by atoms with Crippen LogP contribution in [-0.4, -0.2) is 29.3 Å². The largest absolute Gasteiger partial charge is 0.341 e. The normalized spacial score (nSPS) is 17.8. The highest BCUT2D eigenvalue weighted by Gasteiger charge is 2.32. The summed E-state index contributed by atoms with van der Waals surface area (Å²) < 4.78 is 0. The fourth-order valence-electron chi connectivity index (χ4n) is 2.60. The number of thiophene rings is 1. The molecule has 1 aromatic heterocycles. The van der Waals surface area contributed by atoms with Crippen LogP contribution in [0, 0.1) is 0 Å². The van der Waals surface area contributed by atoms with E-state index in [0.29, 0.717) is 19.5 Å². The topological polar surface area (TPSA) is 49.4 Å². The van der Waals surface area contributed by atoms with Crippen LogP contribution in [0.4, 0.5) is 0 Å². The van der Waals surface area contributed by atoms with Gasteiger partial charge in [0.05, 0.1) is 0 Å². The highest BCUT2D eigenvalue weighted by Crippen LogP contribution is 2.15. The average molecular weight is 326 g/mol. The first-order chi connectivity index (χ1) is 11.2. The van der Waals surface area contributed by atoms with E-state index in [1.807, 2.05) is 47.2 Å². The molecule has 1 fully saturated rings. The van der Waals surface area contributed by atoms with Crippen LogP contribution in [0.15, 0.2) is 53.2 Å². The Morgan fingerprint density at radius 1 is 1.30 bits per heavy atom. The molecule has 1 N–H and O–H groups in total. The zero-order valence-electron chi connectivity index (χ0n) is 12.6. The molecule has 0 radical (unpaired) electrons. The van der Waals surface area contributed by atoms with Crippen molar-refractivity contribution < 1.29 is 9.59 Å². The number of nitrogens with zero attached hydrogens (tertiary/aromatic N) is 1. The van der Waals surface area contributed by atoms with Crippen molar-refractivity contribution in [1.29, 1.82) is 0 Å². The number of carbonyl (C=O) groups is 2. The minimum absolute atomic E-state index is 0.00821. The van der Waals surface area contributed by atoms with Gasteiger partial charge in [-0.25, -0.2) is 0 Å². The molecule has 23 heavy (non-hydrogen) atoms. The Labute approximate surface area is 139 Å². The number of rotatable bonds is 5. The van der Waals surface area contributed by atoms with Gasteiger partial charge in [-0.05, 0) is 40.5 Å². The number of hydrogen-bond acceptors (Lipinski definition) is 3. The summed E-state index contributed by atoms with van der Waals surface area (Å²) in [5.74, 6) is -0.234. The molecule has 0 saturated carbocycles. The third kappa shape index (κ3) is 4.07. The van der Waals surface area contributed by atoms with E-state index < -0.39 is 6.04 Å². The van der Waals surface area contributed by atoms with Gasteiger partial charge in [-0.15, -0.1) is 0 Å². The number of nitrogens with one attached hydrogen (secondary N) is 1. The fourth-order valence-corrected chi connectivity index (χ4v) is 3.22. The lowest BCUT2D eigenvalue weighted by Gasteiger charge is -2.16. The molecule has 1 aromatic carbocycles. The molecule has 2 aromatic rings. The molecule has 2 amide bonds. The quantitative estimate of drug-likeness (QED) is 0.859. The second-order valence-electron chi connectivity index (χ2n) is 5.49. The minimum Gasteiger partial charge on any atom is -0.341 e. The van der Waals surface area contributed by atoms with Crippen LogP contribution in [0.1, 0.15) is 17.5 Å². The van der Waals surface area contributed by atoms with Crippen molar-refractivity contribution in [1.82, 2.24) is 10.2 Å². The molecule has 1 atom stereocenters. The fraction of sp³-hybridized carbons (Fsp3) is 0.222. The third-order valence-electron chi connectivity index (χ3n) is 3.80. The van der Waals surface area contributed by atoms with E-state index in [9.17, 15) is 9.59 Å². The number of benzene rings is 1. The van der Waals surface area contributed by atoms with Gasteiger partial charge in [0.2, 0.25) is 11.8 Å². The lowest BCUT2D eigenvalue weighted by atomic mass is 10.2. The maximum Gasteiger partial charge on any atom is 0.245 e. The van der Waals surface area contributed by atoms with Crippen LogP contribution in [0.5, 0.6) is 0 Å². The van der Waals surface area contributed by atoms with E-state index >= 15 is 0 Å². The molecule has 2 heterocycles. The maximum absolute atomic E-state index is 12.4. The van der Waals surface area contributed by atoms with Gasteiger partial charge >= 0.3 is 0 Å². The van der Waals surface area contributed by atoms with Crippen molar-refractivity contribution in [2.24, 2.45) is 0 Å². The average Bonchev–Trinajstić information content (AvgIpc) is 3.19. The summed E-state index contributed by atoms with van der Waals surface area (Å²) in [6, 6.07) is 11.4. The summed E-state index contributed by atoms with van der Waals surface area (Å²) in [6.45, 7) is 1.27. The molecule has 0 aliphatic carbocycles. The van der Waals surface area contributed by atoms with Gasteiger partial charge in [-0.3, -0.25) is 9.59 Å². The maximum atomic E-state index is 12.4. The van der Waals surface area contributed by atoms with Crippen molar-refractivity contribution in [3.63, 3.8) is 0 Å². The standard InChI is InChI=1S/C18H18N2O2S/c21-17(7-6-15-9-11-23-13-15)19-16-8-10-20(18(16)22)12-14-4-2-1-3-5-14/h1-7,9,11,13,16H,8,10,12H2,(H,19,21)/b7-6+. The van der Waals surface area contributed by atoms with Crippen molar-refractivity contribution in [2.45, 2.75) is 19.0 Å². The molecule has 1 unspecified atom stereocenters. The van der Waals surface area contributed by atoms with Gasteiger partial charge in [0.15, 0.2) is 0 Å². The third-order valence-corrected chi connectivity index (χ3v) is 4.50. The summed E-state index contributed by atoms with van der Waals surface area (Å²) in [7, 11) is 0. The molecule has 3 rings (SSSR count). The van der Waals surface area contributed by atoms with E-state index in [4.69, 9.17) is 0 Å². The number of carbonyl (C=O) groups excluding carboxylic acids is 2. The predicted octanol–water partition coefficient (Wildman–Crippen LogP) is 2.68. The summed E-state index contributed by atoms with van der Waals surface area (Å²) in [6.07, 6.45) is 3.89. The van der Waals surface area contributed by atoms with Crippen molar-refractivity contribution in [3.05, 3.63) is 64.4 Å². The van der Waals surface area contributed by atoms with Crippen molar-refractivity contribution in [2.75, 3.05) is 6.54 Å². The molecule has 4 nitrogen and oxygen atoms in total. The second kappa shape index (κ2) is 7.24. The van der Waals surface area contributed by atoms with E-state index in [-0.39, 0.29) is 11.8 Å². The number of hydrogen-bond donors (Lipinski definition) is 1. The first-order valence-corrected chi connectivity index (χ1v) is 8.50. The van der Waals surface area contributed by atoms with Crippen LogP contribution in [0.2, 0.25) is 0 Å². The molecule has 1 aliphatic rings. The van der Waals surface area contributed by atoms with Crippen molar-refractivity contribution >= 4 is 29.2 Å². The Morgan fingerprint density at radius 3 is 2.87 bits per heavy atom. The molecule has 5 heteroatoms. The highest BCUT2D eigenvalue weighted by atomic mass is 32.1. The zero-order chi connectivity index (χ0) is 16.1. The van der Waals surface area contributed by atoms with Gasteiger partial charge < -0.3 is 10.2 Å². The highest BCUT2D eigenvalue weighted by molar-refractivity contribution is 7.08. The van der Waals surface area contributed by atoms with Crippen LogP contribution < -0.4 is 5.32 Å². The molecule has 1 saturated heterocycles. The summed E-state index contributed by atoms with van der Waals surface area (Å²) >= 11 is 1.58. The van der Waals surface area contributed by atoms with Gasteiger partial charge in [-0.1, -0.05) is 30.3 Å². The Balaban J connectivity index is 1.53. The Bertz CT molecular complexity index is 695. The SMILES string of the molecule is O=C(/C=C/c1ccsc1)NC1CCN(Cc2ccccc2)C1=O. The molecule has 1 aliphatic heterocycles. The van der Waals surface area contributed by atoms with Crippen molar-refractivity contribution in [3.8, 4) is 0 Å². The lowest BCUT2D eigenvalue weighted by Crippen LogP contribution is -2.40. The number of amides is 2. The van der Waals surface area contributed by atoms with Gasteiger partial charge in [0.1, 0.15) is 6.04 Å². The number of likely N-dealkylation sites (tertiary alicyclic amines) is 1. The molecule has 118 valence electrons. The lowest BCUT2D eigenvalue weighted by molar-refractivity contribution is -0.132.